The third-order valence-corrected chi connectivity index (χ3v) is 5.48. The summed E-state index contributed by atoms with van der Waals surface area (Å²) in [5.41, 5.74) is 0.975. The number of Topliss-reactive ketones (excluding diaryl/α,β-unsaturated/α-hetero) is 1. The molecule has 0 unspecified atom stereocenters. The second-order valence-electron chi connectivity index (χ2n) is 6.18. The molecular weight excluding hydrogens is 358 g/mol. The molecule has 1 aromatic rings. The standard InChI is InChI=1S/C18H22BrNO3/c1-2-13-8-9-18(21)15(10-13)16(12-20(22)23)17(19)11-14-6-4-3-5-7-14/h3-7,11,13,15-16H,2,8-10,12H2,1H3/b17-11-/t13-,15-,16+/m0/s1. The molecule has 1 aliphatic rings. The van der Waals surface area contributed by atoms with Gasteiger partial charge in [0.2, 0.25) is 6.54 Å². The van der Waals surface area contributed by atoms with Gasteiger partial charge in [-0.15, -0.1) is 0 Å². The highest BCUT2D eigenvalue weighted by molar-refractivity contribution is 9.11. The Morgan fingerprint density at radius 1 is 1.43 bits per heavy atom. The van der Waals surface area contributed by atoms with Crippen molar-refractivity contribution in [2.24, 2.45) is 17.8 Å². The van der Waals surface area contributed by atoms with E-state index in [2.05, 4.69) is 22.9 Å². The first kappa shape index (κ1) is 17.9. The van der Waals surface area contributed by atoms with E-state index < -0.39 is 0 Å². The minimum absolute atomic E-state index is 0.167. The van der Waals surface area contributed by atoms with Crippen molar-refractivity contribution in [2.75, 3.05) is 6.54 Å². The normalized spacial score (nSPS) is 23.6. The van der Waals surface area contributed by atoms with Crippen molar-refractivity contribution in [3.05, 3.63) is 50.5 Å². The SMILES string of the molecule is CC[C@H]1CCC(=O)[C@H]([C@@H](C[N+](=O)[O-])/C(Br)=C/c2ccccc2)C1. The maximum absolute atomic E-state index is 12.4. The van der Waals surface area contributed by atoms with E-state index in [0.29, 0.717) is 12.3 Å². The number of halogens is 1. The van der Waals surface area contributed by atoms with E-state index in [0.717, 1.165) is 29.3 Å². The Hall–Kier alpha value is -1.49. The molecule has 1 aliphatic carbocycles. The molecule has 5 heteroatoms. The molecule has 0 heterocycles. The van der Waals surface area contributed by atoms with Gasteiger partial charge in [0, 0.05) is 21.7 Å². The van der Waals surface area contributed by atoms with Crippen molar-refractivity contribution < 1.29 is 9.72 Å². The van der Waals surface area contributed by atoms with Gasteiger partial charge in [0.05, 0.1) is 5.92 Å². The maximum Gasteiger partial charge on any atom is 0.211 e. The summed E-state index contributed by atoms with van der Waals surface area (Å²) in [4.78, 5) is 23.2. The Kier molecular flexibility index (Phi) is 6.51. The zero-order chi connectivity index (χ0) is 16.8. The topological polar surface area (TPSA) is 60.2 Å². The van der Waals surface area contributed by atoms with Gasteiger partial charge in [-0.1, -0.05) is 59.6 Å². The minimum Gasteiger partial charge on any atom is -0.299 e. The Balaban J connectivity index is 2.26. The molecule has 2 rings (SSSR count). The fourth-order valence-electron chi connectivity index (χ4n) is 3.28. The van der Waals surface area contributed by atoms with Crippen LogP contribution in [0, 0.1) is 27.9 Å². The number of benzene rings is 1. The van der Waals surface area contributed by atoms with E-state index >= 15 is 0 Å². The number of carbonyl (C=O) groups is 1. The predicted molar refractivity (Wildman–Crippen MR) is 94.8 cm³/mol. The van der Waals surface area contributed by atoms with Crippen molar-refractivity contribution in [1.82, 2.24) is 0 Å². The van der Waals surface area contributed by atoms with Gasteiger partial charge in [-0.3, -0.25) is 14.9 Å². The Morgan fingerprint density at radius 2 is 2.13 bits per heavy atom. The van der Waals surface area contributed by atoms with Gasteiger partial charge in [0.1, 0.15) is 5.78 Å². The maximum atomic E-state index is 12.4. The zero-order valence-electron chi connectivity index (χ0n) is 13.3. The average molecular weight is 380 g/mol. The molecule has 3 atom stereocenters. The Morgan fingerprint density at radius 3 is 2.74 bits per heavy atom. The summed E-state index contributed by atoms with van der Waals surface area (Å²) in [6.07, 6.45) is 5.14. The first-order chi connectivity index (χ1) is 11.0. The van der Waals surface area contributed by atoms with E-state index in [1.807, 2.05) is 36.4 Å². The van der Waals surface area contributed by atoms with Gasteiger partial charge in [-0.05, 0) is 30.4 Å². The van der Waals surface area contributed by atoms with Crippen LogP contribution in [0.2, 0.25) is 0 Å². The fraction of sp³-hybridized carbons (Fsp3) is 0.500. The second-order valence-corrected chi connectivity index (χ2v) is 7.10. The molecule has 0 aliphatic heterocycles. The van der Waals surface area contributed by atoms with Gasteiger partial charge in [0.15, 0.2) is 0 Å². The molecule has 23 heavy (non-hydrogen) atoms. The molecule has 0 spiro atoms. The van der Waals surface area contributed by atoms with Gasteiger partial charge in [0.25, 0.3) is 0 Å². The predicted octanol–water partition coefficient (Wildman–Crippen LogP) is 4.71. The summed E-state index contributed by atoms with van der Waals surface area (Å²) in [6, 6.07) is 9.67. The van der Waals surface area contributed by atoms with Gasteiger partial charge in [-0.25, -0.2) is 0 Å². The van der Waals surface area contributed by atoms with Gasteiger partial charge in [-0.2, -0.15) is 0 Å². The molecule has 1 aromatic carbocycles. The molecule has 0 saturated heterocycles. The van der Waals surface area contributed by atoms with Crippen molar-refractivity contribution in [1.29, 1.82) is 0 Å². The number of hydrogen-bond acceptors (Lipinski definition) is 3. The van der Waals surface area contributed by atoms with E-state index in [1.54, 1.807) is 0 Å². The highest BCUT2D eigenvalue weighted by Gasteiger charge is 2.37. The highest BCUT2D eigenvalue weighted by atomic mass is 79.9. The molecule has 1 fully saturated rings. The van der Waals surface area contributed by atoms with Crippen molar-refractivity contribution >= 4 is 27.8 Å². The summed E-state index contributed by atoms with van der Waals surface area (Å²) in [5.74, 6) is 0.0180. The van der Waals surface area contributed by atoms with Crippen LogP contribution in [0.3, 0.4) is 0 Å². The van der Waals surface area contributed by atoms with E-state index in [4.69, 9.17) is 0 Å². The first-order valence-electron chi connectivity index (χ1n) is 8.08. The van der Waals surface area contributed by atoms with Crippen LogP contribution in [0.15, 0.2) is 34.8 Å². The molecule has 0 N–H and O–H groups in total. The molecule has 0 radical (unpaired) electrons. The zero-order valence-corrected chi connectivity index (χ0v) is 14.9. The lowest BCUT2D eigenvalue weighted by Crippen LogP contribution is -2.34. The van der Waals surface area contributed by atoms with Gasteiger partial charge < -0.3 is 0 Å². The smallest absolute Gasteiger partial charge is 0.211 e. The van der Waals surface area contributed by atoms with E-state index in [9.17, 15) is 14.9 Å². The molecule has 0 aromatic heterocycles. The first-order valence-corrected chi connectivity index (χ1v) is 8.87. The molecular formula is C18H22BrNO3. The molecule has 0 bridgehead atoms. The summed E-state index contributed by atoms with van der Waals surface area (Å²) in [7, 11) is 0. The minimum atomic E-state index is -0.382. The number of rotatable bonds is 6. The lowest BCUT2D eigenvalue weighted by molar-refractivity contribution is -0.487. The van der Waals surface area contributed by atoms with E-state index in [-0.39, 0.29) is 29.1 Å². The van der Waals surface area contributed by atoms with Gasteiger partial charge >= 0.3 is 0 Å². The Bertz CT molecular complexity index is 585. The number of nitrogens with zero attached hydrogens (tertiary/aromatic N) is 1. The van der Waals surface area contributed by atoms with Crippen molar-refractivity contribution in [3.8, 4) is 0 Å². The number of carbonyl (C=O) groups excluding carboxylic acids is 1. The summed E-state index contributed by atoms with van der Waals surface area (Å²) >= 11 is 3.52. The van der Waals surface area contributed by atoms with Crippen LogP contribution in [0.4, 0.5) is 0 Å². The summed E-state index contributed by atoms with van der Waals surface area (Å²) in [5, 5.41) is 11.1. The number of ketones is 1. The van der Waals surface area contributed by atoms with Crippen molar-refractivity contribution in [2.45, 2.75) is 32.6 Å². The van der Waals surface area contributed by atoms with Crippen LogP contribution in [0.25, 0.3) is 6.08 Å². The van der Waals surface area contributed by atoms with E-state index in [1.165, 1.54) is 0 Å². The third-order valence-electron chi connectivity index (χ3n) is 4.67. The fourth-order valence-corrected chi connectivity index (χ4v) is 4.01. The second kappa shape index (κ2) is 8.39. The van der Waals surface area contributed by atoms with Crippen LogP contribution in [-0.4, -0.2) is 17.3 Å². The van der Waals surface area contributed by atoms with Crippen LogP contribution in [0.5, 0.6) is 0 Å². The Labute approximate surface area is 145 Å². The van der Waals surface area contributed by atoms with Crippen LogP contribution in [0.1, 0.15) is 38.2 Å². The lowest BCUT2D eigenvalue weighted by atomic mass is 9.73. The van der Waals surface area contributed by atoms with Crippen LogP contribution in [-0.2, 0) is 4.79 Å². The molecule has 124 valence electrons. The number of nitro groups is 1. The largest absolute Gasteiger partial charge is 0.299 e. The van der Waals surface area contributed by atoms with Crippen LogP contribution >= 0.6 is 15.9 Å². The number of hydrogen-bond donors (Lipinski definition) is 0. The lowest BCUT2D eigenvalue weighted by Gasteiger charge is -2.31. The quantitative estimate of drug-likeness (QED) is 0.530. The highest BCUT2D eigenvalue weighted by Crippen LogP contribution is 2.38. The monoisotopic (exact) mass is 379 g/mol. The van der Waals surface area contributed by atoms with Crippen molar-refractivity contribution in [3.63, 3.8) is 0 Å². The molecule has 1 saturated carbocycles. The molecule has 0 amide bonds. The summed E-state index contributed by atoms with van der Waals surface area (Å²) in [6.45, 7) is 1.91. The average Bonchev–Trinajstić information content (AvgIpc) is 2.54. The van der Waals surface area contributed by atoms with Crippen LogP contribution < -0.4 is 0 Å². The summed E-state index contributed by atoms with van der Waals surface area (Å²) < 4.78 is 0.746. The molecule has 4 nitrogen and oxygen atoms in total. The third kappa shape index (κ3) is 4.99.